The van der Waals surface area contributed by atoms with Crippen molar-refractivity contribution in [3.8, 4) is 5.75 Å². The maximum Gasteiger partial charge on any atom is 0.325 e. The number of benzene rings is 1. The molecule has 7 heteroatoms. The minimum atomic E-state index is -0.518. The lowest BCUT2D eigenvalue weighted by molar-refractivity contribution is -0.143. The van der Waals surface area contributed by atoms with E-state index < -0.39 is 5.97 Å². The number of thiocarbonyl (C=S) groups is 1. The third-order valence-electron chi connectivity index (χ3n) is 3.58. The Morgan fingerprint density at radius 3 is 2.61 bits per heavy atom. The molecule has 1 aromatic carbocycles. The van der Waals surface area contributed by atoms with Crippen molar-refractivity contribution >= 4 is 35.3 Å². The molecule has 1 amide bonds. The Balaban J connectivity index is 2.32. The Bertz CT molecular complexity index is 699. The Hall–Kier alpha value is -2.41. The summed E-state index contributed by atoms with van der Waals surface area (Å²) in [6.45, 7) is 1.73. The molecule has 1 aliphatic heterocycles. The van der Waals surface area contributed by atoms with E-state index in [1.807, 2.05) is 25.1 Å². The first-order chi connectivity index (χ1) is 10.9. The van der Waals surface area contributed by atoms with Crippen LogP contribution in [-0.4, -0.2) is 54.6 Å². The van der Waals surface area contributed by atoms with Crippen LogP contribution < -0.4 is 4.74 Å². The van der Waals surface area contributed by atoms with Crippen molar-refractivity contribution in [2.45, 2.75) is 6.92 Å². The molecule has 0 atom stereocenters. The zero-order valence-electron chi connectivity index (χ0n) is 13.5. The highest BCUT2D eigenvalue weighted by Crippen LogP contribution is 2.24. The number of aryl methyl sites for hydroxylation is 1. The van der Waals surface area contributed by atoms with Crippen molar-refractivity contribution in [1.82, 2.24) is 9.80 Å². The molecule has 0 radical (unpaired) electrons. The van der Waals surface area contributed by atoms with Crippen LogP contribution in [0.4, 0.5) is 0 Å². The zero-order valence-corrected chi connectivity index (χ0v) is 14.3. The third kappa shape index (κ3) is 3.34. The van der Waals surface area contributed by atoms with Gasteiger partial charge >= 0.3 is 5.97 Å². The average molecular weight is 334 g/mol. The molecule has 1 heterocycles. The first-order valence-corrected chi connectivity index (χ1v) is 7.32. The predicted octanol–water partition coefficient (Wildman–Crippen LogP) is 1.58. The van der Waals surface area contributed by atoms with Crippen LogP contribution in [0.25, 0.3) is 6.08 Å². The van der Waals surface area contributed by atoms with Crippen LogP contribution in [0.15, 0.2) is 23.9 Å². The standard InChI is InChI=1S/C16H18N2O4S/c1-10-7-11(5-6-13(10)21-3)8-12-15(20)18(9-14(19)22-4)16(23)17(12)2/h5-8H,9H2,1-4H3/b12-8-. The summed E-state index contributed by atoms with van der Waals surface area (Å²) in [7, 11) is 4.57. The van der Waals surface area contributed by atoms with Gasteiger partial charge in [-0.2, -0.15) is 0 Å². The second-order valence-electron chi connectivity index (χ2n) is 5.07. The smallest absolute Gasteiger partial charge is 0.325 e. The summed E-state index contributed by atoms with van der Waals surface area (Å²) in [5.74, 6) is -0.0619. The number of carbonyl (C=O) groups excluding carboxylic acids is 2. The van der Waals surface area contributed by atoms with E-state index in [0.29, 0.717) is 5.70 Å². The zero-order chi connectivity index (χ0) is 17.1. The van der Waals surface area contributed by atoms with Gasteiger partial charge in [0.25, 0.3) is 5.91 Å². The number of hydrogen-bond acceptors (Lipinski definition) is 5. The molecule has 0 spiro atoms. The number of ether oxygens (including phenoxy) is 2. The average Bonchev–Trinajstić information content (AvgIpc) is 2.73. The first-order valence-electron chi connectivity index (χ1n) is 6.91. The topological polar surface area (TPSA) is 59.1 Å². The van der Waals surface area contributed by atoms with E-state index >= 15 is 0 Å². The van der Waals surface area contributed by atoms with Crippen LogP contribution in [0, 0.1) is 6.92 Å². The van der Waals surface area contributed by atoms with E-state index in [2.05, 4.69) is 4.74 Å². The summed E-state index contributed by atoms with van der Waals surface area (Å²) in [4.78, 5) is 26.7. The molecule has 0 saturated carbocycles. The minimum absolute atomic E-state index is 0.197. The number of methoxy groups -OCH3 is 2. The van der Waals surface area contributed by atoms with E-state index in [-0.39, 0.29) is 17.6 Å². The predicted molar refractivity (Wildman–Crippen MR) is 89.8 cm³/mol. The largest absolute Gasteiger partial charge is 0.496 e. The number of hydrogen-bond donors (Lipinski definition) is 0. The second kappa shape index (κ2) is 6.78. The molecule has 122 valence electrons. The summed E-state index contributed by atoms with van der Waals surface area (Å²) < 4.78 is 9.82. The highest BCUT2D eigenvalue weighted by molar-refractivity contribution is 7.80. The highest BCUT2D eigenvalue weighted by atomic mass is 32.1. The molecular formula is C16H18N2O4S. The van der Waals surface area contributed by atoms with Crippen LogP contribution in [0.5, 0.6) is 5.75 Å². The first kappa shape index (κ1) is 17.0. The van der Waals surface area contributed by atoms with Crippen LogP contribution >= 0.6 is 12.2 Å². The van der Waals surface area contributed by atoms with Crippen LogP contribution in [0.2, 0.25) is 0 Å². The summed E-state index contributed by atoms with van der Waals surface area (Å²) in [6.07, 6.45) is 1.73. The van der Waals surface area contributed by atoms with Gasteiger partial charge in [-0.05, 0) is 48.5 Å². The SMILES string of the molecule is COC(=O)CN1C(=O)/C(=C/c2ccc(OC)c(C)c2)N(C)C1=S. The van der Waals surface area contributed by atoms with Gasteiger partial charge in [0.2, 0.25) is 0 Å². The summed E-state index contributed by atoms with van der Waals surface area (Å²) in [5, 5.41) is 0.275. The third-order valence-corrected chi connectivity index (χ3v) is 4.07. The van der Waals surface area contributed by atoms with Gasteiger partial charge in [0.05, 0.1) is 14.2 Å². The molecule has 6 nitrogen and oxygen atoms in total. The number of amides is 1. The monoisotopic (exact) mass is 334 g/mol. The molecule has 0 aromatic heterocycles. The molecule has 1 aliphatic rings. The molecule has 0 aliphatic carbocycles. The van der Waals surface area contributed by atoms with E-state index in [0.717, 1.165) is 16.9 Å². The van der Waals surface area contributed by atoms with E-state index in [4.69, 9.17) is 17.0 Å². The molecule has 1 fully saturated rings. The van der Waals surface area contributed by atoms with Crippen molar-refractivity contribution in [3.05, 3.63) is 35.0 Å². The van der Waals surface area contributed by atoms with Gasteiger partial charge in [-0.1, -0.05) is 6.07 Å². The molecular weight excluding hydrogens is 316 g/mol. The summed E-state index contributed by atoms with van der Waals surface area (Å²) >= 11 is 5.23. The normalized spacial score (nSPS) is 16.3. The van der Waals surface area contributed by atoms with Gasteiger partial charge in [-0.15, -0.1) is 0 Å². The van der Waals surface area contributed by atoms with E-state index in [9.17, 15) is 9.59 Å². The summed E-state index contributed by atoms with van der Waals surface area (Å²) in [5.41, 5.74) is 2.22. The van der Waals surface area contributed by atoms with Crippen LogP contribution in [-0.2, 0) is 14.3 Å². The number of carbonyl (C=O) groups is 2. The fourth-order valence-electron chi connectivity index (χ4n) is 2.29. The Morgan fingerprint density at radius 2 is 2.04 bits per heavy atom. The maximum absolute atomic E-state index is 12.5. The lowest BCUT2D eigenvalue weighted by Crippen LogP contribution is -2.36. The van der Waals surface area contributed by atoms with Crippen molar-refractivity contribution in [2.24, 2.45) is 0 Å². The number of nitrogens with zero attached hydrogens (tertiary/aromatic N) is 2. The molecule has 0 N–H and O–H groups in total. The highest BCUT2D eigenvalue weighted by Gasteiger charge is 2.36. The summed E-state index contributed by atoms with van der Waals surface area (Å²) in [6, 6.07) is 5.61. The van der Waals surface area contributed by atoms with Gasteiger partial charge in [0, 0.05) is 7.05 Å². The fraction of sp³-hybridized carbons (Fsp3) is 0.312. The number of likely N-dealkylation sites (N-methyl/N-ethyl adjacent to an activating group) is 1. The fourth-order valence-corrected chi connectivity index (χ4v) is 2.54. The van der Waals surface area contributed by atoms with Crippen LogP contribution in [0.1, 0.15) is 11.1 Å². The molecule has 0 bridgehead atoms. The van der Waals surface area contributed by atoms with Crippen molar-refractivity contribution in [1.29, 1.82) is 0 Å². The lowest BCUT2D eigenvalue weighted by Gasteiger charge is -2.14. The number of esters is 1. The molecule has 1 saturated heterocycles. The lowest BCUT2D eigenvalue weighted by atomic mass is 10.1. The molecule has 2 rings (SSSR count). The van der Waals surface area contributed by atoms with Gasteiger partial charge in [-0.3, -0.25) is 14.5 Å². The number of rotatable bonds is 4. The molecule has 1 aromatic rings. The van der Waals surface area contributed by atoms with Gasteiger partial charge < -0.3 is 14.4 Å². The van der Waals surface area contributed by atoms with Crippen molar-refractivity contribution in [3.63, 3.8) is 0 Å². The van der Waals surface area contributed by atoms with E-state index in [1.165, 1.54) is 12.0 Å². The molecule has 23 heavy (non-hydrogen) atoms. The van der Waals surface area contributed by atoms with Gasteiger partial charge in [0.1, 0.15) is 18.0 Å². The van der Waals surface area contributed by atoms with Crippen molar-refractivity contribution < 1.29 is 19.1 Å². The van der Waals surface area contributed by atoms with E-state index in [1.54, 1.807) is 25.1 Å². The Kier molecular flexibility index (Phi) is 5.00. The minimum Gasteiger partial charge on any atom is -0.496 e. The quantitative estimate of drug-likeness (QED) is 0.473. The Labute approximate surface area is 140 Å². The molecule has 0 unspecified atom stereocenters. The van der Waals surface area contributed by atoms with Gasteiger partial charge in [0.15, 0.2) is 5.11 Å². The van der Waals surface area contributed by atoms with Gasteiger partial charge in [-0.25, -0.2) is 0 Å². The van der Waals surface area contributed by atoms with Crippen molar-refractivity contribution in [2.75, 3.05) is 27.8 Å². The Morgan fingerprint density at radius 1 is 1.35 bits per heavy atom. The second-order valence-corrected chi connectivity index (χ2v) is 5.43. The van der Waals surface area contributed by atoms with Crippen LogP contribution in [0.3, 0.4) is 0 Å². The maximum atomic E-state index is 12.5.